The van der Waals surface area contributed by atoms with Crippen molar-refractivity contribution >= 4 is 11.9 Å². The van der Waals surface area contributed by atoms with Gasteiger partial charge >= 0.3 is 5.97 Å². The molecule has 1 fully saturated rings. The van der Waals surface area contributed by atoms with E-state index in [9.17, 15) is 14.7 Å². The number of hydrogen-bond donors (Lipinski definition) is 2. The number of nitrogens with one attached hydrogen (secondary N) is 1. The van der Waals surface area contributed by atoms with Gasteiger partial charge in [0.2, 0.25) is 0 Å². The Kier molecular flexibility index (Phi) is 4.50. The summed E-state index contributed by atoms with van der Waals surface area (Å²) in [4.78, 5) is 23.9. The monoisotopic (exact) mass is 291 g/mol. The van der Waals surface area contributed by atoms with Crippen molar-refractivity contribution in [3.8, 4) is 5.75 Å². The molecule has 0 saturated heterocycles. The van der Waals surface area contributed by atoms with Gasteiger partial charge in [-0.2, -0.15) is 0 Å². The van der Waals surface area contributed by atoms with Crippen LogP contribution in [0.3, 0.4) is 0 Å². The smallest absolute Gasteiger partial charge is 0.329 e. The Hall–Kier alpha value is -2.04. The Balaban J connectivity index is 2.12. The molecule has 5 heteroatoms. The van der Waals surface area contributed by atoms with Crippen LogP contribution in [-0.2, 0) is 4.79 Å². The van der Waals surface area contributed by atoms with E-state index in [0.717, 1.165) is 12.8 Å². The molecular weight excluding hydrogens is 270 g/mol. The molecule has 5 nitrogen and oxygen atoms in total. The van der Waals surface area contributed by atoms with E-state index >= 15 is 0 Å². The average molecular weight is 291 g/mol. The zero-order valence-corrected chi connectivity index (χ0v) is 12.4. The summed E-state index contributed by atoms with van der Waals surface area (Å²) in [5.74, 6) is -0.132. The summed E-state index contributed by atoms with van der Waals surface area (Å²) in [5.41, 5.74) is -0.696. The van der Waals surface area contributed by atoms with Crippen LogP contribution < -0.4 is 10.1 Å². The minimum atomic E-state index is -1.14. The van der Waals surface area contributed by atoms with Gasteiger partial charge in [0.25, 0.3) is 5.91 Å². The van der Waals surface area contributed by atoms with E-state index < -0.39 is 11.5 Å². The summed E-state index contributed by atoms with van der Waals surface area (Å²) < 4.78 is 5.04. The summed E-state index contributed by atoms with van der Waals surface area (Å²) in [6.45, 7) is 2.11. The van der Waals surface area contributed by atoms with Crippen molar-refractivity contribution in [3.63, 3.8) is 0 Å². The molecule has 0 aromatic heterocycles. The number of amides is 1. The van der Waals surface area contributed by atoms with Gasteiger partial charge in [0.05, 0.1) is 7.11 Å². The van der Waals surface area contributed by atoms with Crippen molar-refractivity contribution in [2.75, 3.05) is 7.11 Å². The number of carboxylic acids is 1. The van der Waals surface area contributed by atoms with E-state index in [0.29, 0.717) is 30.1 Å². The Morgan fingerprint density at radius 1 is 1.24 bits per heavy atom. The number of rotatable bonds is 4. The molecule has 0 aliphatic heterocycles. The number of carbonyl (C=O) groups is 2. The van der Waals surface area contributed by atoms with Crippen LogP contribution in [0.25, 0.3) is 0 Å². The van der Waals surface area contributed by atoms with Gasteiger partial charge in [-0.1, -0.05) is 6.92 Å². The molecule has 2 rings (SSSR count). The highest BCUT2D eigenvalue weighted by molar-refractivity contribution is 5.98. The molecule has 0 unspecified atom stereocenters. The van der Waals surface area contributed by atoms with Gasteiger partial charge in [-0.25, -0.2) is 4.79 Å². The number of carbonyl (C=O) groups excluding carboxylic acids is 1. The van der Waals surface area contributed by atoms with E-state index in [2.05, 4.69) is 12.2 Å². The van der Waals surface area contributed by atoms with Crippen LogP contribution in [0.4, 0.5) is 0 Å². The summed E-state index contributed by atoms with van der Waals surface area (Å²) in [5, 5.41) is 12.2. The summed E-state index contributed by atoms with van der Waals surface area (Å²) in [6.07, 6.45) is 2.58. The Morgan fingerprint density at radius 3 is 2.29 bits per heavy atom. The van der Waals surface area contributed by atoms with Crippen molar-refractivity contribution < 1.29 is 19.4 Å². The number of hydrogen-bond acceptors (Lipinski definition) is 3. The fraction of sp³-hybridized carbons (Fsp3) is 0.500. The maximum atomic E-state index is 12.3. The molecule has 1 amide bonds. The lowest BCUT2D eigenvalue weighted by Crippen LogP contribution is -2.56. The van der Waals surface area contributed by atoms with Crippen LogP contribution in [0.2, 0.25) is 0 Å². The highest BCUT2D eigenvalue weighted by atomic mass is 16.5. The highest BCUT2D eigenvalue weighted by Gasteiger charge is 2.42. The van der Waals surface area contributed by atoms with E-state index in [1.165, 1.54) is 0 Å². The molecule has 2 N–H and O–H groups in total. The number of benzene rings is 1. The van der Waals surface area contributed by atoms with Crippen molar-refractivity contribution in [1.29, 1.82) is 0 Å². The van der Waals surface area contributed by atoms with Gasteiger partial charge in [-0.3, -0.25) is 4.79 Å². The van der Waals surface area contributed by atoms with E-state index in [-0.39, 0.29) is 5.91 Å². The maximum absolute atomic E-state index is 12.3. The molecule has 21 heavy (non-hydrogen) atoms. The molecule has 1 aromatic carbocycles. The topological polar surface area (TPSA) is 75.6 Å². The third-order valence-corrected chi connectivity index (χ3v) is 4.24. The minimum Gasteiger partial charge on any atom is -0.497 e. The zero-order chi connectivity index (χ0) is 15.5. The van der Waals surface area contributed by atoms with Crippen LogP contribution >= 0.6 is 0 Å². The molecule has 0 heterocycles. The van der Waals surface area contributed by atoms with Crippen molar-refractivity contribution in [2.45, 2.75) is 38.1 Å². The van der Waals surface area contributed by atoms with Crippen LogP contribution in [0, 0.1) is 5.92 Å². The largest absolute Gasteiger partial charge is 0.497 e. The number of methoxy groups -OCH3 is 1. The molecular formula is C16H21NO4. The van der Waals surface area contributed by atoms with Crippen LogP contribution in [0.15, 0.2) is 24.3 Å². The second-order valence-electron chi connectivity index (χ2n) is 5.75. The molecule has 1 aromatic rings. The SMILES string of the molecule is COc1ccc(C(=O)NC2(C(=O)O)CCC(C)CC2)cc1. The Labute approximate surface area is 124 Å². The van der Waals surface area contributed by atoms with Gasteiger partial charge in [0.1, 0.15) is 11.3 Å². The molecule has 0 spiro atoms. The van der Waals surface area contributed by atoms with Gasteiger partial charge in [0.15, 0.2) is 0 Å². The second-order valence-corrected chi connectivity index (χ2v) is 5.75. The molecule has 114 valence electrons. The third kappa shape index (κ3) is 3.35. The lowest BCUT2D eigenvalue weighted by atomic mass is 9.77. The van der Waals surface area contributed by atoms with Crippen molar-refractivity contribution in [2.24, 2.45) is 5.92 Å². The number of carboxylic acid groups (broad SMARTS) is 1. The van der Waals surface area contributed by atoms with E-state index in [4.69, 9.17) is 4.74 Å². The van der Waals surface area contributed by atoms with Crippen LogP contribution in [0.1, 0.15) is 43.0 Å². The molecule has 1 aliphatic rings. The van der Waals surface area contributed by atoms with E-state index in [1.54, 1.807) is 31.4 Å². The molecule has 1 saturated carbocycles. The van der Waals surface area contributed by atoms with Gasteiger partial charge in [0, 0.05) is 5.56 Å². The first-order chi connectivity index (χ1) is 9.97. The third-order valence-electron chi connectivity index (χ3n) is 4.24. The first-order valence-corrected chi connectivity index (χ1v) is 7.17. The van der Waals surface area contributed by atoms with Gasteiger partial charge in [-0.15, -0.1) is 0 Å². The van der Waals surface area contributed by atoms with E-state index in [1.807, 2.05) is 0 Å². The van der Waals surface area contributed by atoms with Gasteiger partial charge in [-0.05, 0) is 55.9 Å². The lowest BCUT2D eigenvalue weighted by Gasteiger charge is -2.36. The number of aliphatic carboxylic acids is 1. The maximum Gasteiger partial charge on any atom is 0.329 e. The van der Waals surface area contributed by atoms with Crippen molar-refractivity contribution in [3.05, 3.63) is 29.8 Å². The minimum absolute atomic E-state index is 0.352. The second kappa shape index (κ2) is 6.16. The normalized spacial score (nSPS) is 25.1. The molecule has 0 radical (unpaired) electrons. The quantitative estimate of drug-likeness (QED) is 0.893. The van der Waals surface area contributed by atoms with Crippen molar-refractivity contribution in [1.82, 2.24) is 5.32 Å². The first kappa shape index (κ1) is 15.4. The van der Waals surface area contributed by atoms with Crippen LogP contribution in [0.5, 0.6) is 5.75 Å². The molecule has 1 aliphatic carbocycles. The van der Waals surface area contributed by atoms with Crippen LogP contribution in [-0.4, -0.2) is 29.6 Å². The summed E-state index contributed by atoms with van der Waals surface area (Å²) in [6, 6.07) is 6.64. The predicted molar refractivity (Wildman–Crippen MR) is 78.5 cm³/mol. The fourth-order valence-corrected chi connectivity index (χ4v) is 2.68. The van der Waals surface area contributed by atoms with Gasteiger partial charge < -0.3 is 15.2 Å². The Bertz CT molecular complexity index is 516. The predicted octanol–water partition coefficient (Wildman–Crippen LogP) is 2.46. The first-order valence-electron chi connectivity index (χ1n) is 7.17. The molecule has 0 bridgehead atoms. The Morgan fingerprint density at radius 2 is 1.81 bits per heavy atom. The summed E-state index contributed by atoms with van der Waals surface area (Å²) >= 11 is 0. The summed E-state index contributed by atoms with van der Waals surface area (Å²) in [7, 11) is 1.55. The number of ether oxygens (including phenoxy) is 1. The highest BCUT2D eigenvalue weighted by Crippen LogP contribution is 2.32. The molecule has 0 atom stereocenters. The average Bonchev–Trinajstić information content (AvgIpc) is 2.49. The zero-order valence-electron chi connectivity index (χ0n) is 12.4. The lowest BCUT2D eigenvalue weighted by molar-refractivity contribution is -0.146. The fourth-order valence-electron chi connectivity index (χ4n) is 2.68. The standard InChI is InChI=1S/C16H21NO4/c1-11-7-9-16(10-8-11,15(19)20)17-14(18)12-3-5-13(21-2)6-4-12/h3-6,11H,7-10H2,1-2H3,(H,17,18)(H,19,20).